The van der Waals surface area contributed by atoms with E-state index in [1.54, 1.807) is 11.9 Å². The minimum Gasteiger partial charge on any atom is -0.444 e. The lowest BCUT2D eigenvalue weighted by Gasteiger charge is -2.40. The summed E-state index contributed by atoms with van der Waals surface area (Å²) in [7, 11) is 1.62. The molecule has 1 heterocycles. The number of ether oxygens (including phenoxy) is 1. The number of carbonyl (C=O) groups excluding carboxylic acids is 2. The van der Waals surface area contributed by atoms with Crippen LogP contribution in [0.15, 0.2) is 0 Å². The third kappa shape index (κ3) is 4.91. The highest BCUT2D eigenvalue weighted by molar-refractivity contribution is 5.75. The fourth-order valence-electron chi connectivity index (χ4n) is 1.60. The Balaban J connectivity index is 2.12. The van der Waals surface area contributed by atoms with Crippen LogP contribution < -0.4 is 10.6 Å². The Morgan fingerprint density at radius 1 is 1.33 bits per heavy atom. The van der Waals surface area contributed by atoms with E-state index in [1.807, 2.05) is 20.8 Å². The molecule has 0 spiro atoms. The van der Waals surface area contributed by atoms with Crippen LogP contribution in [0.4, 0.5) is 4.79 Å². The summed E-state index contributed by atoms with van der Waals surface area (Å²) in [6.07, 6.45) is 0.186. The van der Waals surface area contributed by atoms with E-state index in [9.17, 15) is 9.59 Å². The Hall–Kier alpha value is -1.30. The highest BCUT2D eigenvalue weighted by Crippen LogP contribution is 2.14. The van der Waals surface area contributed by atoms with E-state index >= 15 is 0 Å². The summed E-state index contributed by atoms with van der Waals surface area (Å²) < 4.78 is 5.25. The minimum absolute atomic E-state index is 0.0193. The smallest absolute Gasteiger partial charge is 0.410 e. The number of amides is 2. The van der Waals surface area contributed by atoms with E-state index in [4.69, 9.17) is 4.74 Å². The molecular formula is C12H23N3O3. The van der Waals surface area contributed by atoms with Crippen LogP contribution in [-0.2, 0) is 9.53 Å². The Labute approximate surface area is 108 Å². The average Bonchev–Trinajstić information content (AvgIpc) is 2.17. The molecule has 0 bridgehead atoms. The molecule has 1 aliphatic heterocycles. The standard InChI is InChI=1S/C12H23N3O3/c1-12(2,3)18-11(17)15-7-9(8-15)14-6-5-10(16)13-4/h9,14H,5-8H2,1-4H3,(H,13,16). The molecule has 0 aromatic heterocycles. The summed E-state index contributed by atoms with van der Waals surface area (Å²) in [5.74, 6) is 0.0193. The lowest BCUT2D eigenvalue weighted by molar-refractivity contribution is -0.120. The molecule has 0 saturated carbocycles. The second-order valence-corrected chi connectivity index (χ2v) is 5.46. The van der Waals surface area contributed by atoms with Gasteiger partial charge in [0.25, 0.3) is 0 Å². The number of hydrogen-bond acceptors (Lipinski definition) is 4. The van der Waals surface area contributed by atoms with Crippen molar-refractivity contribution in [2.45, 2.75) is 38.8 Å². The fourth-order valence-corrected chi connectivity index (χ4v) is 1.60. The van der Waals surface area contributed by atoms with Crippen molar-refractivity contribution in [2.24, 2.45) is 0 Å². The van der Waals surface area contributed by atoms with Gasteiger partial charge in [-0.1, -0.05) is 0 Å². The number of carbonyl (C=O) groups is 2. The third-order valence-electron chi connectivity index (χ3n) is 2.60. The molecule has 2 amide bonds. The summed E-state index contributed by atoms with van der Waals surface area (Å²) in [6, 6.07) is 0.266. The molecule has 0 aromatic rings. The third-order valence-corrected chi connectivity index (χ3v) is 2.60. The maximum Gasteiger partial charge on any atom is 0.410 e. The Morgan fingerprint density at radius 3 is 2.44 bits per heavy atom. The van der Waals surface area contributed by atoms with Gasteiger partial charge in [-0.2, -0.15) is 0 Å². The molecule has 1 aliphatic rings. The molecule has 0 radical (unpaired) electrons. The minimum atomic E-state index is -0.450. The number of hydrogen-bond donors (Lipinski definition) is 2. The van der Waals surface area contributed by atoms with Crippen molar-refractivity contribution in [1.29, 1.82) is 0 Å². The van der Waals surface area contributed by atoms with E-state index in [0.717, 1.165) is 0 Å². The van der Waals surface area contributed by atoms with Crippen LogP contribution in [0.1, 0.15) is 27.2 Å². The summed E-state index contributed by atoms with van der Waals surface area (Å²) in [4.78, 5) is 24.3. The predicted octanol–water partition coefficient (Wildman–Crippen LogP) is 0.331. The number of rotatable bonds is 4. The van der Waals surface area contributed by atoms with Gasteiger partial charge in [0.1, 0.15) is 5.60 Å². The molecular weight excluding hydrogens is 234 g/mol. The van der Waals surface area contributed by atoms with Crippen LogP contribution in [0.3, 0.4) is 0 Å². The van der Waals surface area contributed by atoms with Crippen molar-refractivity contribution >= 4 is 12.0 Å². The van der Waals surface area contributed by atoms with E-state index in [0.29, 0.717) is 26.1 Å². The monoisotopic (exact) mass is 257 g/mol. The van der Waals surface area contributed by atoms with E-state index in [-0.39, 0.29) is 18.0 Å². The highest BCUT2D eigenvalue weighted by atomic mass is 16.6. The van der Waals surface area contributed by atoms with Crippen molar-refractivity contribution in [2.75, 3.05) is 26.7 Å². The van der Waals surface area contributed by atoms with Gasteiger partial charge in [-0.3, -0.25) is 4.79 Å². The highest BCUT2D eigenvalue weighted by Gasteiger charge is 2.33. The second kappa shape index (κ2) is 6.04. The van der Waals surface area contributed by atoms with Gasteiger partial charge < -0.3 is 20.3 Å². The largest absolute Gasteiger partial charge is 0.444 e. The second-order valence-electron chi connectivity index (χ2n) is 5.46. The lowest BCUT2D eigenvalue weighted by Crippen LogP contribution is -2.60. The molecule has 6 nitrogen and oxygen atoms in total. The van der Waals surface area contributed by atoms with Crippen LogP contribution in [0.25, 0.3) is 0 Å². The van der Waals surface area contributed by atoms with Gasteiger partial charge in [-0.05, 0) is 20.8 Å². The first kappa shape index (κ1) is 14.8. The molecule has 18 heavy (non-hydrogen) atoms. The van der Waals surface area contributed by atoms with Crippen LogP contribution >= 0.6 is 0 Å². The van der Waals surface area contributed by atoms with Crippen LogP contribution in [0, 0.1) is 0 Å². The zero-order valence-electron chi connectivity index (χ0n) is 11.6. The molecule has 6 heteroatoms. The number of nitrogens with one attached hydrogen (secondary N) is 2. The van der Waals surface area contributed by atoms with Gasteiger partial charge in [0.05, 0.1) is 0 Å². The SMILES string of the molecule is CNC(=O)CCNC1CN(C(=O)OC(C)(C)C)C1. The fraction of sp³-hybridized carbons (Fsp3) is 0.833. The van der Waals surface area contributed by atoms with Gasteiger partial charge in [0, 0.05) is 39.1 Å². The first-order valence-corrected chi connectivity index (χ1v) is 6.23. The van der Waals surface area contributed by atoms with E-state index in [1.165, 1.54) is 0 Å². The van der Waals surface area contributed by atoms with Gasteiger partial charge in [-0.25, -0.2) is 4.79 Å². The number of nitrogens with zero attached hydrogens (tertiary/aromatic N) is 1. The maximum atomic E-state index is 11.6. The zero-order chi connectivity index (χ0) is 13.8. The molecule has 1 rings (SSSR count). The molecule has 104 valence electrons. The van der Waals surface area contributed by atoms with Gasteiger partial charge in [0.15, 0.2) is 0 Å². The van der Waals surface area contributed by atoms with Crippen LogP contribution in [-0.4, -0.2) is 55.2 Å². The molecule has 2 N–H and O–H groups in total. The Bertz CT molecular complexity index is 306. The molecule has 1 saturated heterocycles. The first-order valence-electron chi connectivity index (χ1n) is 6.23. The average molecular weight is 257 g/mol. The van der Waals surface area contributed by atoms with Crippen molar-refractivity contribution in [3.63, 3.8) is 0 Å². The maximum absolute atomic E-state index is 11.6. The Kier molecular flexibility index (Phi) is 4.95. The van der Waals surface area contributed by atoms with Crippen molar-refractivity contribution < 1.29 is 14.3 Å². The predicted molar refractivity (Wildman–Crippen MR) is 68.3 cm³/mol. The van der Waals surface area contributed by atoms with E-state index in [2.05, 4.69) is 10.6 Å². The van der Waals surface area contributed by atoms with Gasteiger partial charge in [-0.15, -0.1) is 0 Å². The van der Waals surface area contributed by atoms with Crippen molar-refractivity contribution in [1.82, 2.24) is 15.5 Å². The summed E-state index contributed by atoms with van der Waals surface area (Å²) in [6.45, 7) is 7.47. The first-order chi connectivity index (χ1) is 8.31. The molecule has 0 aromatic carbocycles. The summed E-state index contributed by atoms with van der Waals surface area (Å²) in [5, 5.41) is 5.79. The normalized spacial score (nSPS) is 16.1. The summed E-state index contributed by atoms with van der Waals surface area (Å²) in [5.41, 5.74) is -0.450. The molecule has 0 aliphatic carbocycles. The van der Waals surface area contributed by atoms with E-state index < -0.39 is 5.60 Å². The zero-order valence-corrected chi connectivity index (χ0v) is 11.6. The Morgan fingerprint density at radius 2 is 1.94 bits per heavy atom. The topological polar surface area (TPSA) is 70.7 Å². The van der Waals surface area contributed by atoms with Gasteiger partial charge in [0.2, 0.25) is 5.91 Å². The molecule has 0 unspecified atom stereocenters. The van der Waals surface area contributed by atoms with Crippen molar-refractivity contribution in [3.05, 3.63) is 0 Å². The summed E-state index contributed by atoms with van der Waals surface area (Å²) >= 11 is 0. The quantitative estimate of drug-likeness (QED) is 0.761. The van der Waals surface area contributed by atoms with Gasteiger partial charge >= 0.3 is 6.09 Å². The van der Waals surface area contributed by atoms with Crippen LogP contribution in [0.2, 0.25) is 0 Å². The number of likely N-dealkylation sites (tertiary alicyclic amines) is 1. The lowest BCUT2D eigenvalue weighted by atomic mass is 10.1. The molecule has 1 fully saturated rings. The molecule has 0 atom stereocenters. The van der Waals surface area contributed by atoms with Crippen LogP contribution in [0.5, 0.6) is 0 Å². The van der Waals surface area contributed by atoms with Crippen molar-refractivity contribution in [3.8, 4) is 0 Å².